The van der Waals surface area contributed by atoms with Gasteiger partial charge in [0.25, 0.3) is 0 Å². The largest absolute Gasteiger partial charge is 0.399 e. The first-order valence-electron chi connectivity index (χ1n) is 5.56. The number of rotatable bonds is 1. The van der Waals surface area contributed by atoms with E-state index in [1.807, 2.05) is 12.1 Å². The van der Waals surface area contributed by atoms with E-state index in [2.05, 4.69) is 29.0 Å². The number of nitrogen functional groups attached to an aromatic ring is 1. The number of piperazine rings is 1. The lowest BCUT2D eigenvalue weighted by atomic mass is 10.2. The summed E-state index contributed by atoms with van der Waals surface area (Å²) in [6.07, 6.45) is 1.31. The number of fused-ring (bicyclic) bond motifs is 2. The van der Waals surface area contributed by atoms with Gasteiger partial charge in [0, 0.05) is 36.5 Å². The maximum atomic E-state index is 5.81. The topological polar surface area (TPSA) is 32.5 Å². The minimum absolute atomic E-state index is 0.696. The Bertz CT molecular complexity index is 375. The molecule has 2 aliphatic rings. The minimum atomic E-state index is 0.696. The fraction of sp³-hybridized carbons (Fsp3) is 0.500. The van der Waals surface area contributed by atoms with Crippen molar-refractivity contribution in [2.45, 2.75) is 18.5 Å². The molecule has 2 N–H and O–H groups in total. The van der Waals surface area contributed by atoms with Crippen molar-refractivity contribution >= 4 is 11.4 Å². The summed E-state index contributed by atoms with van der Waals surface area (Å²) in [4.78, 5) is 4.97. The second-order valence-electron chi connectivity index (χ2n) is 4.73. The number of anilines is 2. The Morgan fingerprint density at radius 2 is 2.13 bits per heavy atom. The molecule has 2 heterocycles. The minimum Gasteiger partial charge on any atom is -0.399 e. The highest BCUT2D eigenvalue weighted by molar-refractivity contribution is 5.57. The van der Waals surface area contributed by atoms with Gasteiger partial charge in [-0.05, 0) is 31.7 Å². The van der Waals surface area contributed by atoms with E-state index < -0.39 is 0 Å². The van der Waals surface area contributed by atoms with Crippen molar-refractivity contribution in [3.63, 3.8) is 0 Å². The third kappa shape index (κ3) is 1.38. The standard InChI is InChI=1S/C12H17N3/c1-14-7-12-6-11(14)8-15(12)10-4-2-3-9(13)5-10/h2-5,11-12H,6-8,13H2,1H3. The Kier molecular flexibility index (Phi) is 1.89. The molecule has 3 heteroatoms. The van der Waals surface area contributed by atoms with Crippen molar-refractivity contribution in [3.05, 3.63) is 24.3 Å². The SMILES string of the molecule is CN1CC2CC1CN2c1cccc(N)c1. The summed E-state index contributed by atoms with van der Waals surface area (Å²) < 4.78 is 0. The van der Waals surface area contributed by atoms with Crippen molar-refractivity contribution in [2.75, 3.05) is 30.8 Å². The quantitative estimate of drug-likeness (QED) is 0.695. The Balaban J connectivity index is 1.86. The fourth-order valence-electron chi connectivity index (χ4n) is 2.89. The first-order valence-corrected chi connectivity index (χ1v) is 5.56. The average Bonchev–Trinajstić information content (AvgIpc) is 2.76. The van der Waals surface area contributed by atoms with E-state index in [1.54, 1.807) is 0 Å². The molecule has 15 heavy (non-hydrogen) atoms. The summed E-state index contributed by atoms with van der Waals surface area (Å²) in [5.74, 6) is 0. The van der Waals surface area contributed by atoms with Crippen molar-refractivity contribution in [1.82, 2.24) is 4.90 Å². The van der Waals surface area contributed by atoms with Crippen LogP contribution in [0.25, 0.3) is 0 Å². The van der Waals surface area contributed by atoms with Gasteiger partial charge in [0.2, 0.25) is 0 Å². The van der Waals surface area contributed by atoms with E-state index in [0.29, 0.717) is 6.04 Å². The highest BCUT2D eigenvalue weighted by Gasteiger charge is 2.41. The van der Waals surface area contributed by atoms with Crippen LogP contribution in [0.4, 0.5) is 11.4 Å². The zero-order valence-electron chi connectivity index (χ0n) is 9.06. The first-order chi connectivity index (χ1) is 7.24. The molecule has 2 atom stereocenters. The maximum absolute atomic E-state index is 5.81. The van der Waals surface area contributed by atoms with E-state index >= 15 is 0 Å². The summed E-state index contributed by atoms with van der Waals surface area (Å²) >= 11 is 0. The van der Waals surface area contributed by atoms with Gasteiger partial charge < -0.3 is 10.6 Å². The van der Waals surface area contributed by atoms with Crippen molar-refractivity contribution in [1.29, 1.82) is 0 Å². The number of hydrogen-bond acceptors (Lipinski definition) is 3. The van der Waals surface area contributed by atoms with E-state index in [9.17, 15) is 0 Å². The lowest BCUT2D eigenvalue weighted by molar-refractivity contribution is 0.292. The number of nitrogens with zero attached hydrogens (tertiary/aromatic N) is 2. The summed E-state index contributed by atoms with van der Waals surface area (Å²) in [5.41, 5.74) is 7.97. The number of benzene rings is 1. The zero-order valence-corrected chi connectivity index (χ0v) is 9.06. The maximum Gasteiger partial charge on any atom is 0.0433 e. The zero-order chi connectivity index (χ0) is 10.4. The molecule has 0 aliphatic carbocycles. The van der Waals surface area contributed by atoms with Gasteiger partial charge >= 0.3 is 0 Å². The number of likely N-dealkylation sites (tertiary alicyclic amines) is 1. The predicted octanol–water partition coefficient (Wildman–Crippen LogP) is 1.16. The molecule has 2 saturated heterocycles. The molecule has 80 valence electrons. The molecule has 0 spiro atoms. The third-order valence-corrected chi connectivity index (χ3v) is 3.72. The molecule has 0 amide bonds. The highest BCUT2D eigenvalue weighted by atomic mass is 15.3. The van der Waals surface area contributed by atoms with Crippen molar-refractivity contribution < 1.29 is 0 Å². The van der Waals surface area contributed by atoms with Gasteiger partial charge in [0.15, 0.2) is 0 Å². The van der Waals surface area contributed by atoms with Crippen LogP contribution in [-0.2, 0) is 0 Å². The van der Waals surface area contributed by atoms with Gasteiger partial charge in [-0.1, -0.05) is 6.07 Å². The molecule has 3 nitrogen and oxygen atoms in total. The molecule has 2 bridgehead atoms. The lowest BCUT2D eigenvalue weighted by Gasteiger charge is -2.33. The summed E-state index contributed by atoms with van der Waals surface area (Å²) in [5, 5.41) is 0. The second kappa shape index (κ2) is 3.14. The van der Waals surface area contributed by atoms with Crippen molar-refractivity contribution in [2.24, 2.45) is 0 Å². The Morgan fingerprint density at radius 1 is 1.27 bits per heavy atom. The number of likely N-dealkylation sites (N-methyl/N-ethyl adjacent to an activating group) is 1. The van der Waals surface area contributed by atoms with Crippen LogP contribution in [0, 0.1) is 0 Å². The Labute approximate surface area is 90.5 Å². The van der Waals surface area contributed by atoms with Crippen LogP contribution in [0.5, 0.6) is 0 Å². The van der Waals surface area contributed by atoms with Gasteiger partial charge in [-0.25, -0.2) is 0 Å². The predicted molar refractivity (Wildman–Crippen MR) is 63.0 cm³/mol. The molecule has 3 rings (SSSR count). The second-order valence-corrected chi connectivity index (χ2v) is 4.73. The van der Waals surface area contributed by atoms with Crippen LogP contribution >= 0.6 is 0 Å². The number of hydrogen-bond donors (Lipinski definition) is 1. The molecule has 2 aliphatic heterocycles. The Hall–Kier alpha value is -1.22. The van der Waals surface area contributed by atoms with Gasteiger partial charge in [-0.2, -0.15) is 0 Å². The molecule has 2 unspecified atom stereocenters. The van der Waals surface area contributed by atoms with Crippen LogP contribution in [-0.4, -0.2) is 37.1 Å². The van der Waals surface area contributed by atoms with Gasteiger partial charge in [0.05, 0.1) is 0 Å². The molecule has 0 aromatic heterocycles. The van der Waals surface area contributed by atoms with Gasteiger partial charge in [0.1, 0.15) is 0 Å². The van der Waals surface area contributed by atoms with E-state index in [-0.39, 0.29) is 0 Å². The van der Waals surface area contributed by atoms with Crippen LogP contribution in [0.15, 0.2) is 24.3 Å². The normalized spacial score (nSPS) is 30.1. The third-order valence-electron chi connectivity index (χ3n) is 3.72. The molecular weight excluding hydrogens is 186 g/mol. The molecule has 1 aromatic carbocycles. The molecular formula is C12H17N3. The number of nitrogens with two attached hydrogens (primary N) is 1. The smallest absolute Gasteiger partial charge is 0.0433 e. The molecule has 1 aromatic rings. The molecule has 0 saturated carbocycles. The summed E-state index contributed by atoms with van der Waals surface area (Å²) in [7, 11) is 2.22. The summed E-state index contributed by atoms with van der Waals surface area (Å²) in [6, 6.07) is 9.68. The summed E-state index contributed by atoms with van der Waals surface area (Å²) in [6.45, 7) is 2.35. The first kappa shape index (κ1) is 9.04. The van der Waals surface area contributed by atoms with E-state index in [1.165, 1.54) is 18.7 Å². The van der Waals surface area contributed by atoms with Crippen LogP contribution in [0.3, 0.4) is 0 Å². The average molecular weight is 203 g/mol. The Morgan fingerprint density at radius 3 is 2.73 bits per heavy atom. The molecule has 0 radical (unpaired) electrons. The van der Waals surface area contributed by atoms with E-state index in [0.717, 1.165) is 18.3 Å². The van der Waals surface area contributed by atoms with Crippen LogP contribution in [0.2, 0.25) is 0 Å². The van der Waals surface area contributed by atoms with E-state index in [4.69, 9.17) is 5.73 Å². The fourth-order valence-corrected chi connectivity index (χ4v) is 2.89. The van der Waals surface area contributed by atoms with Gasteiger partial charge in [-0.3, -0.25) is 4.90 Å². The monoisotopic (exact) mass is 203 g/mol. The van der Waals surface area contributed by atoms with Gasteiger partial charge in [-0.15, -0.1) is 0 Å². The molecule has 2 fully saturated rings. The highest BCUT2D eigenvalue weighted by Crippen LogP contribution is 2.33. The van der Waals surface area contributed by atoms with Crippen LogP contribution < -0.4 is 10.6 Å². The lowest BCUT2D eigenvalue weighted by Crippen LogP contribution is -2.44. The van der Waals surface area contributed by atoms with Crippen molar-refractivity contribution in [3.8, 4) is 0 Å². The van der Waals surface area contributed by atoms with Crippen LogP contribution in [0.1, 0.15) is 6.42 Å².